The smallest absolute Gasteiger partial charge is 0.0981 e. The van der Waals surface area contributed by atoms with Gasteiger partial charge < -0.3 is 9.13 Å². The minimum Gasteiger partial charge on any atom is -0.309 e. The van der Waals surface area contributed by atoms with Crippen LogP contribution in [0.3, 0.4) is 0 Å². The molecular formula is C54H32N4S. The quantitative estimate of drug-likeness (QED) is 0.167. The van der Waals surface area contributed by atoms with Gasteiger partial charge >= 0.3 is 0 Å². The summed E-state index contributed by atoms with van der Waals surface area (Å²) in [4.78, 5) is 10.9. The van der Waals surface area contributed by atoms with Crippen LogP contribution in [0, 0.1) is 0 Å². The molecule has 0 atom stereocenters. The van der Waals surface area contributed by atoms with Gasteiger partial charge in [-0.05, 0) is 53.6 Å². The fraction of sp³-hybridized carbons (Fsp3) is 0. The predicted octanol–water partition coefficient (Wildman–Crippen LogP) is 14.7. The SMILES string of the molecule is c1ccc(-c2cccc3c2sc2c3ccc3c(-c4ccc(-n5c6ccccc6c6ccccc65)cc4)nc4cc(-n5c6ccccc6c6ccccc65)cnc4c32)cc1. The van der Waals surface area contributed by atoms with Gasteiger partial charge in [0.15, 0.2) is 0 Å². The standard InChI is InChI=1S/C54H32N4S/c1-2-13-33(14-3-1)37-19-12-20-42-43-29-30-44-50(54(43)59-53(37)42)52-45(31-36(32-55-52)58-48-23-10-6-17-40(48)41-18-7-11-24-49(41)58)56-51(44)34-25-27-35(28-26-34)57-46-21-8-4-15-38(46)39-16-5-9-22-47(39)57/h1-32H. The van der Waals surface area contributed by atoms with Crippen molar-refractivity contribution < 1.29 is 0 Å². The second-order valence-corrected chi connectivity index (χ2v) is 16.3. The Balaban J connectivity index is 1.08. The van der Waals surface area contributed by atoms with Crippen molar-refractivity contribution in [1.82, 2.24) is 19.1 Å². The third-order valence-corrected chi connectivity index (χ3v) is 13.4. The molecule has 0 unspecified atom stereocenters. The van der Waals surface area contributed by atoms with Gasteiger partial charge in [-0.2, -0.15) is 0 Å². The number of hydrogen-bond acceptors (Lipinski definition) is 3. The maximum Gasteiger partial charge on any atom is 0.0981 e. The molecule has 0 bridgehead atoms. The fourth-order valence-corrected chi connectivity index (χ4v) is 10.9. The normalized spacial score (nSPS) is 12.1. The molecule has 0 radical (unpaired) electrons. The first kappa shape index (κ1) is 32.5. The zero-order chi connectivity index (χ0) is 38.6. The molecule has 59 heavy (non-hydrogen) atoms. The third-order valence-electron chi connectivity index (χ3n) is 12.1. The second kappa shape index (κ2) is 12.4. The molecule has 13 aromatic rings. The molecule has 0 aliphatic carbocycles. The van der Waals surface area contributed by atoms with Crippen LogP contribution in [0.1, 0.15) is 0 Å². The topological polar surface area (TPSA) is 35.6 Å². The summed E-state index contributed by atoms with van der Waals surface area (Å²) in [6.07, 6.45) is 2.03. The Morgan fingerprint density at radius 3 is 1.54 bits per heavy atom. The maximum atomic E-state index is 5.54. The number of pyridine rings is 2. The Hall–Kier alpha value is -7.60. The summed E-state index contributed by atoms with van der Waals surface area (Å²) in [5.74, 6) is 0. The summed E-state index contributed by atoms with van der Waals surface area (Å²) in [7, 11) is 0. The van der Waals surface area contributed by atoms with E-state index in [2.05, 4.69) is 197 Å². The summed E-state index contributed by atoms with van der Waals surface area (Å²) in [5.41, 5.74) is 13.1. The Kier molecular flexibility index (Phi) is 6.85. The van der Waals surface area contributed by atoms with Gasteiger partial charge in [0.1, 0.15) is 0 Å². The first-order valence-corrected chi connectivity index (χ1v) is 20.8. The van der Waals surface area contributed by atoms with Crippen LogP contribution in [-0.2, 0) is 0 Å². The highest BCUT2D eigenvalue weighted by molar-refractivity contribution is 7.27. The van der Waals surface area contributed by atoms with Gasteiger partial charge in [-0.3, -0.25) is 4.98 Å². The molecule has 5 heteroatoms. The molecular weight excluding hydrogens is 737 g/mol. The third kappa shape index (κ3) is 4.71. The average molecular weight is 769 g/mol. The number of benzene rings is 8. The number of fused-ring (bicyclic) bond motifs is 13. The number of aromatic nitrogens is 4. The Morgan fingerprint density at radius 1 is 0.390 bits per heavy atom. The number of nitrogens with zero attached hydrogens (tertiary/aromatic N) is 4. The van der Waals surface area contributed by atoms with Crippen LogP contribution in [0.15, 0.2) is 194 Å². The van der Waals surface area contributed by atoms with Gasteiger partial charge in [-0.25, -0.2) is 4.98 Å². The van der Waals surface area contributed by atoms with Crippen LogP contribution in [0.5, 0.6) is 0 Å². The van der Waals surface area contributed by atoms with E-state index in [4.69, 9.17) is 9.97 Å². The van der Waals surface area contributed by atoms with Crippen LogP contribution in [0.4, 0.5) is 0 Å². The molecule has 0 aliphatic rings. The van der Waals surface area contributed by atoms with Gasteiger partial charge in [0.2, 0.25) is 0 Å². The van der Waals surface area contributed by atoms with E-state index in [0.29, 0.717) is 0 Å². The highest BCUT2D eigenvalue weighted by Gasteiger charge is 2.21. The molecule has 0 aliphatic heterocycles. The van der Waals surface area contributed by atoms with Crippen LogP contribution in [0.25, 0.3) is 119 Å². The van der Waals surface area contributed by atoms with Gasteiger partial charge in [0.05, 0.1) is 50.7 Å². The van der Waals surface area contributed by atoms with Crippen molar-refractivity contribution in [2.45, 2.75) is 0 Å². The number of rotatable bonds is 4. The van der Waals surface area contributed by atoms with Crippen LogP contribution in [0.2, 0.25) is 0 Å². The summed E-state index contributed by atoms with van der Waals surface area (Å²) in [5, 5.41) is 9.69. The maximum absolute atomic E-state index is 5.54. The van der Waals surface area contributed by atoms with Crippen molar-refractivity contribution >= 4 is 96.9 Å². The van der Waals surface area contributed by atoms with Gasteiger partial charge in [0, 0.05) is 63.7 Å². The average Bonchev–Trinajstić information content (AvgIpc) is 3.97. The van der Waals surface area contributed by atoms with E-state index in [-0.39, 0.29) is 0 Å². The molecule has 0 N–H and O–H groups in total. The van der Waals surface area contributed by atoms with E-state index in [1.54, 1.807) is 0 Å². The van der Waals surface area contributed by atoms with E-state index < -0.39 is 0 Å². The van der Waals surface area contributed by atoms with E-state index in [1.165, 1.54) is 63.9 Å². The van der Waals surface area contributed by atoms with Gasteiger partial charge in [0.25, 0.3) is 0 Å². The number of thiophene rings is 1. The second-order valence-electron chi connectivity index (χ2n) is 15.3. The van der Waals surface area contributed by atoms with E-state index >= 15 is 0 Å². The first-order chi connectivity index (χ1) is 29.3. The van der Waals surface area contributed by atoms with Crippen LogP contribution in [-0.4, -0.2) is 19.1 Å². The lowest BCUT2D eigenvalue weighted by molar-refractivity contribution is 1.15. The molecule has 5 heterocycles. The van der Waals surface area contributed by atoms with E-state index in [9.17, 15) is 0 Å². The van der Waals surface area contributed by atoms with E-state index in [1.807, 2.05) is 17.5 Å². The summed E-state index contributed by atoms with van der Waals surface area (Å²) in [6, 6.07) is 67.8. The Bertz CT molecular complexity index is 3730. The zero-order valence-electron chi connectivity index (χ0n) is 31.7. The van der Waals surface area contributed by atoms with Crippen LogP contribution < -0.4 is 0 Å². The minimum atomic E-state index is 0.867. The largest absolute Gasteiger partial charge is 0.309 e. The first-order valence-electron chi connectivity index (χ1n) is 20.0. The highest BCUT2D eigenvalue weighted by atomic mass is 32.1. The summed E-state index contributed by atoms with van der Waals surface area (Å²) < 4.78 is 7.21. The Labute approximate surface area is 342 Å². The Morgan fingerprint density at radius 2 is 0.915 bits per heavy atom. The lowest BCUT2D eigenvalue weighted by Crippen LogP contribution is -1.98. The molecule has 0 amide bonds. The van der Waals surface area contributed by atoms with E-state index in [0.717, 1.165) is 55.5 Å². The minimum absolute atomic E-state index is 0.867. The molecule has 4 nitrogen and oxygen atoms in total. The molecule has 13 rings (SSSR count). The molecule has 274 valence electrons. The monoisotopic (exact) mass is 768 g/mol. The van der Waals surface area contributed by atoms with Crippen molar-refractivity contribution in [3.8, 4) is 33.8 Å². The molecule has 5 aromatic heterocycles. The highest BCUT2D eigenvalue weighted by Crippen LogP contribution is 2.46. The van der Waals surface area contributed by atoms with Crippen molar-refractivity contribution in [2.24, 2.45) is 0 Å². The van der Waals surface area contributed by atoms with Gasteiger partial charge in [-0.1, -0.05) is 146 Å². The number of hydrogen-bond donors (Lipinski definition) is 0. The lowest BCUT2D eigenvalue weighted by atomic mass is 9.98. The molecule has 0 spiro atoms. The van der Waals surface area contributed by atoms with Crippen LogP contribution >= 0.6 is 11.3 Å². The summed E-state index contributed by atoms with van der Waals surface area (Å²) in [6.45, 7) is 0. The van der Waals surface area contributed by atoms with Gasteiger partial charge in [-0.15, -0.1) is 11.3 Å². The van der Waals surface area contributed by atoms with Crippen molar-refractivity contribution in [3.63, 3.8) is 0 Å². The molecule has 0 saturated heterocycles. The molecule has 8 aromatic carbocycles. The lowest BCUT2D eigenvalue weighted by Gasteiger charge is -2.14. The van der Waals surface area contributed by atoms with Crippen molar-refractivity contribution in [3.05, 3.63) is 194 Å². The fourth-order valence-electron chi connectivity index (χ4n) is 9.55. The predicted molar refractivity (Wildman–Crippen MR) is 249 cm³/mol. The molecule has 0 saturated carbocycles. The van der Waals surface area contributed by atoms with Crippen molar-refractivity contribution in [2.75, 3.05) is 0 Å². The summed E-state index contributed by atoms with van der Waals surface area (Å²) >= 11 is 1.86. The zero-order valence-corrected chi connectivity index (χ0v) is 32.5. The van der Waals surface area contributed by atoms with Crippen molar-refractivity contribution in [1.29, 1.82) is 0 Å². The number of para-hydroxylation sites is 4. The molecule has 0 fully saturated rings.